The van der Waals surface area contributed by atoms with Gasteiger partial charge in [0.15, 0.2) is 0 Å². The number of benzene rings is 2. The molecule has 0 aliphatic rings. The number of carbonyl (C=O) groups is 1. The number of aromatic nitrogens is 1. The maximum atomic E-state index is 12.5. The van der Waals surface area contributed by atoms with Gasteiger partial charge in [-0.3, -0.25) is 9.78 Å². The number of hydrogen-bond acceptors (Lipinski definition) is 7. The van der Waals surface area contributed by atoms with Gasteiger partial charge in [-0.2, -0.15) is 0 Å². The average Bonchev–Trinajstić information content (AvgIpc) is 2.87. The summed E-state index contributed by atoms with van der Waals surface area (Å²) in [5.74, 6) is -0.137. The standard InChI is InChI=1S/C28H35N3O5S.2ClH/c1-20(2)19-36-27-16-23(12-13-25(27)28(33)31-37(3,34)35)22-10-8-21(9-11-22)6-4-14-30-18-26(32)24-7-5-15-29-17-24;;/h5,7-13,15-17,20,26,30,32H,4,6,14,18-19H2,1-3H3,(H,31,33);2*1H/t26-;;/m1../s1. The number of aliphatic hydroxyl groups excluding tert-OH is 1. The minimum Gasteiger partial charge on any atom is -0.492 e. The molecule has 0 fully saturated rings. The smallest absolute Gasteiger partial charge is 0.268 e. The van der Waals surface area contributed by atoms with E-state index in [-0.39, 0.29) is 36.3 Å². The number of rotatable bonds is 13. The van der Waals surface area contributed by atoms with Gasteiger partial charge in [0.05, 0.1) is 24.5 Å². The van der Waals surface area contributed by atoms with Crippen LogP contribution in [0.2, 0.25) is 0 Å². The first kappa shape index (κ1) is 34.3. The fraction of sp³-hybridized carbons (Fsp3) is 0.357. The second-order valence-electron chi connectivity index (χ2n) is 9.43. The number of sulfonamides is 1. The first-order chi connectivity index (χ1) is 17.6. The Morgan fingerprint density at radius 1 is 1.05 bits per heavy atom. The van der Waals surface area contributed by atoms with Crippen LogP contribution in [0.4, 0.5) is 0 Å². The van der Waals surface area contributed by atoms with Crippen molar-refractivity contribution in [1.82, 2.24) is 15.0 Å². The molecule has 1 aromatic heterocycles. The van der Waals surface area contributed by atoms with E-state index in [0.717, 1.165) is 42.3 Å². The first-order valence-corrected chi connectivity index (χ1v) is 14.2. The van der Waals surface area contributed by atoms with Gasteiger partial charge in [-0.25, -0.2) is 13.1 Å². The lowest BCUT2D eigenvalue weighted by atomic mass is 10.00. The van der Waals surface area contributed by atoms with Gasteiger partial charge in [-0.15, -0.1) is 24.8 Å². The van der Waals surface area contributed by atoms with Crippen LogP contribution >= 0.6 is 24.8 Å². The summed E-state index contributed by atoms with van der Waals surface area (Å²) in [7, 11) is -3.69. The van der Waals surface area contributed by atoms with Crippen LogP contribution in [0.1, 0.15) is 47.9 Å². The molecule has 0 aliphatic heterocycles. The monoisotopic (exact) mass is 597 g/mol. The van der Waals surface area contributed by atoms with Crippen molar-refractivity contribution < 1.29 is 23.1 Å². The summed E-state index contributed by atoms with van der Waals surface area (Å²) < 4.78 is 30.9. The van der Waals surface area contributed by atoms with Gasteiger partial charge < -0.3 is 15.2 Å². The number of pyridine rings is 1. The molecule has 8 nitrogen and oxygen atoms in total. The van der Waals surface area contributed by atoms with Gasteiger partial charge in [-0.05, 0) is 60.2 Å². The van der Waals surface area contributed by atoms with Crippen molar-refractivity contribution in [3.63, 3.8) is 0 Å². The molecule has 3 N–H and O–H groups in total. The van der Waals surface area contributed by atoms with Crippen molar-refractivity contribution in [3.05, 3.63) is 83.7 Å². The molecule has 0 aliphatic carbocycles. The van der Waals surface area contributed by atoms with Crippen LogP contribution in [-0.2, 0) is 16.4 Å². The Hall–Kier alpha value is -2.69. The molecule has 1 amide bonds. The van der Waals surface area contributed by atoms with Crippen LogP contribution in [0.25, 0.3) is 11.1 Å². The lowest BCUT2D eigenvalue weighted by molar-refractivity contribution is 0.0977. The second-order valence-corrected chi connectivity index (χ2v) is 11.2. The summed E-state index contributed by atoms with van der Waals surface area (Å²) in [4.78, 5) is 16.5. The van der Waals surface area contributed by atoms with E-state index >= 15 is 0 Å². The molecule has 11 heteroatoms. The Bertz CT molecular complexity index is 1270. The van der Waals surface area contributed by atoms with Gasteiger partial charge in [-0.1, -0.05) is 50.2 Å². The van der Waals surface area contributed by atoms with Crippen molar-refractivity contribution in [3.8, 4) is 16.9 Å². The SMILES string of the molecule is CC(C)COc1cc(-c2ccc(CCCNC[C@@H](O)c3cccnc3)cc2)ccc1C(=O)NS(C)(=O)=O.Cl.Cl. The van der Waals surface area contributed by atoms with Crippen LogP contribution in [0.15, 0.2) is 67.0 Å². The van der Waals surface area contributed by atoms with E-state index in [0.29, 0.717) is 18.9 Å². The summed E-state index contributed by atoms with van der Waals surface area (Å²) in [6.07, 6.45) is 5.54. The molecule has 1 heterocycles. The summed E-state index contributed by atoms with van der Waals surface area (Å²) in [6.45, 7) is 5.65. The molecular weight excluding hydrogens is 561 g/mol. The summed E-state index contributed by atoms with van der Waals surface area (Å²) in [5, 5.41) is 13.5. The number of hydrogen-bond donors (Lipinski definition) is 3. The second kappa shape index (κ2) is 16.4. The van der Waals surface area contributed by atoms with Gasteiger partial charge in [0, 0.05) is 24.5 Å². The molecule has 0 radical (unpaired) electrons. The Labute approximate surface area is 243 Å². The lowest BCUT2D eigenvalue weighted by Gasteiger charge is -2.15. The van der Waals surface area contributed by atoms with E-state index < -0.39 is 22.0 Å². The van der Waals surface area contributed by atoms with E-state index in [4.69, 9.17) is 4.74 Å². The number of aryl methyl sites for hydroxylation is 1. The van der Waals surface area contributed by atoms with Gasteiger partial charge >= 0.3 is 0 Å². The van der Waals surface area contributed by atoms with Crippen molar-refractivity contribution in [1.29, 1.82) is 0 Å². The molecule has 2 aromatic carbocycles. The highest BCUT2D eigenvalue weighted by atomic mass is 35.5. The molecule has 0 bridgehead atoms. The molecule has 214 valence electrons. The number of nitrogens with zero attached hydrogens (tertiary/aromatic N) is 1. The van der Waals surface area contributed by atoms with Crippen molar-refractivity contribution in [2.75, 3.05) is 26.0 Å². The predicted octanol–water partition coefficient (Wildman–Crippen LogP) is 4.57. The van der Waals surface area contributed by atoms with E-state index in [1.165, 1.54) is 5.56 Å². The number of carbonyl (C=O) groups excluding carboxylic acids is 1. The average molecular weight is 599 g/mol. The Morgan fingerprint density at radius 2 is 1.74 bits per heavy atom. The fourth-order valence-electron chi connectivity index (χ4n) is 3.70. The zero-order chi connectivity index (χ0) is 26.8. The van der Waals surface area contributed by atoms with E-state index in [1.807, 2.05) is 42.8 Å². The minimum atomic E-state index is -3.69. The molecule has 39 heavy (non-hydrogen) atoms. The number of amides is 1. The highest BCUT2D eigenvalue weighted by molar-refractivity contribution is 7.89. The Morgan fingerprint density at radius 3 is 2.36 bits per heavy atom. The molecule has 1 atom stereocenters. The summed E-state index contributed by atoms with van der Waals surface area (Å²) in [5.41, 5.74) is 4.00. The third kappa shape index (κ3) is 11.5. The third-order valence-corrected chi connectivity index (χ3v) is 6.15. The third-order valence-electron chi connectivity index (χ3n) is 5.59. The van der Waals surface area contributed by atoms with Crippen molar-refractivity contribution in [2.24, 2.45) is 5.92 Å². The first-order valence-electron chi connectivity index (χ1n) is 12.3. The predicted molar refractivity (Wildman–Crippen MR) is 159 cm³/mol. The van der Waals surface area contributed by atoms with E-state index in [9.17, 15) is 18.3 Å². The van der Waals surface area contributed by atoms with Crippen LogP contribution in [-0.4, -0.2) is 50.4 Å². The van der Waals surface area contributed by atoms with Crippen LogP contribution in [0, 0.1) is 5.92 Å². The fourth-order valence-corrected chi connectivity index (χ4v) is 4.15. The maximum Gasteiger partial charge on any atom is 0.268 e. The van der Waals surface area contributed by atoms with E-state index in [1.54, 1.807) is 30.6 Å². The van der Waals surface area contributed by atoms with Gasteiger partial charge in [0.25, 0.3) is 5.91 Å². The number of nitrogens with one attached hydrogen (secondary N) is 2. The number of aliphatic hydroxyl groups is 1. The van der Waals surface area contributed by atoms with Crippen LogP contribution in [0.3, 0.4) is 0 Å². The largest absolute Gasteiger partial charge is 0.492 e. The molecule has 0 spiro atoms. The Balaban J connectivity index is 0.00000380. The molecule has 3 rings (SSSR count). The minimum absolute atomic E-state index is 0. The molecule has 3 aromatic rings. The number of ether oxygens (including phenoxy) is 1. The normalized spacial score (nSPS) is 11.7. The Kier molecular flexibility index (Phi) is 14.5. The number of halogens is 2. The van der Waals surface area contributed by atoms with Gasteiger partial charge in [0.1, 0.15) is 5.75 Å². The molecule has 0 unspecified atom stereocenters. The lowest BCUT2D eigenvalue weighted by Crippen LogP contribution is -2.29. The molecular formula is C28H37Cl2N3O5S. The highest BCUT2D eigenvalue weighted by Crippen LogP contribution is 2.28. The van der Waals surface area contributed by atoms with Crippen LogP contribution < -0.4 is 14.8 Å². The zero-order valence-electron chi connectivity index (χ0n) is 22.3. The molecule has 0 saturated carbocycles. The quantitative estimate of drug-likeness (QED) is 0.247. The summed E-state index contributed by atoms with van der Waals surface area (Å²) in [6, 6.07) is 17.0. The van der Waals surface area contributed by atoms with E-state index in [2.05, 4.69) is 22.4 Å². The highest BCUT2D eigenvalue weighted by Gasteiger charge is 2.18. The van der Waals surface area contributed by atoms with Gasteiger partial charge in [0.2, 0.25) is 10.0 Å². The van der Waals surface area contributed by atoms with Crippen molar-refractivity contribution in [2.45, 2.75) is 32.8 Å². The van der Waals surface area contributed by atoms with Crippen molar-refractivity contribution >= 4 is 40.7 Å². The summed E-state index contributed by atoms with van der Waals surface area (Å²) >= 11 is 0. The van der Waals surface area contributed by atoms with Crippen LogP contribution in [0.5, 0.6) is 5.75 Å². The topological polar surface area (TPSA) is 118 Å². The maximum absolute atomic E-state index is 12.5. The molecule has 0 saturated heterocycles. The zero-order valence-corrected chi connectivity index (χ0v) is 24.7.